The van der Waals surface area contributed by atoms with E-state index >= 15 is 0 Å². The van der Waals surface area contributed by atoms with Gasteiger partial charge in [0.25, 0.3) is 0 Å². The summed E-state index contributed by atoms with van der Waals surface area (Å²) in [6.45, 7) is 0.117. The second-order valence-electron chi connectivity index (χ2n) is 5.85. The zero-order chi connectivity index (χ0) is 16.7. The first kappa shape index (κ1) is 16.1. The third-order valence-corrected chi connectivity index (χ3v) is 6.64. The second kappa shape index (κ2) is 5.70. The first-order valence-corrected chi connectivity index (χ1v) is 8.78. The minimum absolute atomic E-state index is 0.117. The molecule has 0 amide bonds. The predicted molar refractivity (Wildman–Crippen MR) is 85.4 cm³/mol. The fourth-order valence-electron chi connectivity index (χ4n) is 3.22. The summed E-state index contributed by atoms with van der Waals surface area (Å²) in [5.41, 5.74) is 6.03. The van der Waals surface area contributed by atoms with Gasteiger partial charge in [-0.3, -0.25) is 0 Å². The summed E-state index contributed by atoms with van der Waals surface area (Å²) in [6, 6.07) is 14.0. The fourth-order valence-corrected chi connectivity index (χ4v) is 5.54. The van der Waals surface area contributed by atoms with E-state index in [4.69, 9.17) is 10.5 Å². The maximum atomic E-state index is 13.1. The molecule has 1 fully saturated rings. The van der Waals surface area contributed by atoms with Gasteiger partial charge in [0.2, 0.25) is 0 Å². The molecule has 1 aliphatic rings. The monoisotopic (exact) mass is 335 g/mol. The number of methoxy groups -OCH3 is 1. The quantitative estimate of drug-likeness (QED) is 0.908. The molecule has 3 rings (SSSR count). The van der Waals surface area contributed by atoms with Gasteiger partial charge in [0.05, 0.1) is 22.3 Å². The van der Waals surface area contributed by atoms with Gasteiger partial charge < -0.3 is 10.5 Å². The Kier molecular flexibility index (Phi) is 4.00. The molecule has 23 heavy (non-hydrogen) atoms. The molecule has 0 spiro atoms. The van der Waals surface area contributed by atoms with Crippen molar-refractivity contribution < 1.29 is 17.5 Å². The normalized spacial score (nSPS) is 26.9. The van der Waals surface area contributed by atoms with E-state index < -0.39 is 26.5 Å². The Morgan fingerprint density at radius 3 is 2.30 bits per heavy atom. The van der Waals surface area contributed by atoms with Crippen LogP contribution in [0.3, 0.4) is 0 Å². The molecule has 2 N–H and O–H groups in total. The van der Waals surface area contributed by atoms with Gasteiger partial charge in [-0.1, -0.05) is 30.3 Å². The lowest BCUT2D eigenvalue weighted by Gasteiger charge is -2.11. The fraction of sp³-hybridized carbons (Fsp3) is 0.294. The molecule has 0 aliphatic heterocycles. The van der Waals surface area contributed by atoms with Gasteiger partial charge in [0.15, 0.2) is 9.84 Å². The Hall–Kier alpha value is -1.76. The number of hydrogen-bond acceptors (Lipinski definition) is 4. The zero-order valence-corrected chi connectivity index (χ0v) is 13.5. The maximum absolute atomic E-state index is 13.1. The molecule has 0 unspecified atom stereocenters. The molecule has 1 saturated carbocycles. The number of halogens is 1. The highest BCUT2D eigenvalue weighted by atomic mass is 32.2. The number of benzene rings is 2. The molecular weight excluding hydrogens is 317 g/mol. The van der Waals surface area contributed by atoms with Gasteiger partial charge in [-0.15, -0.1) is 0 Å². The van der Waals surface area contributed by atoms with Crippen LogP contribution in [-0.2, 0) is 14.6 Å². The van der Waals surface area contributed by atoms with E-state index in [1.54, 1.807) is 42.5 Å². The Labute approximate surface area is 135 Å². The minimum Gasteiger partial charge on any atom is -0.383 e. The lowest BCUT2D eigenvalue weighted by atomic mass is 10.1. The minimum atomic E-state index is -3.60. The zero-order valence-electron chi connectivity index (χ0n) is 12.6. The van der Waals surface area contributed by atoms with Crippen LogP contribution in [0.1, 0.15) is 11.5 Å². The number of nitrogens with two attached hydrogens (primary N) is 1. The average molecular weight is 335 g/mol. The van der Waals surface area contributed by atoms with Gasteiger partial charge in [-0.25, -0.2) is 12.8 Å². The van der Waals surface area contributed by atoms with Crippen molar-refractivity contribution in [2.75, 3.05) is 13.7 Å². The van der Waals surface area contributed by atoms with E-state index in [2.05, 4.69) is 0 Å². The van der Waals surface area contributed by atoms with Crippen molar-refractivity contribution in [1.82, 2.24) is 0 Å². The summed E-state index contributed by atoms with van der Waals surface area (Å²) >= 11 is 0. The smallest absolute Gasteiger partial charge is 0.183 e. The standard InChI is InChI=1S/C17H18FNO3S/c1-22-11-17(19)15(12-7-9-13(18)10-8-12)16(17)23(20,21)14-5-3-2-4-6-14/h2-10,15-16H,11,19H2,1H3/t15-,16+,17-/m0/s1. The number of ether oxygens (including phenoxy) is 1. The van der Waals surface area contributed by atoms with Crippen molar-refractivity contribution in [3.63, 3.8) is 0 Å². The van der Waals surface area contributed by atoms with Crippen molar-refractivity contribution >= 4 is 9.84 Å². The van der Waals surface area contributed by atoms with Gasteiger partial charge in [0, 0.05) is 13.0 Å². The van der Waals surface area contributed by atoms with Crippen LogP contribution in [0.5, 0.6) is 0 Å². The molecule has 0 radical (unpaired) electrons. The molecule has 2 aromatic carbocycles. The molecule has 6 heteroatoms. The van der Waals surface area contributed by atoms with Crippen LogP contribution in [0.2, 0.25) is 0 Å². The van der Waals surface area contributed by atoms with E-state index in [0.717, 1.165) is 0 Å². The third kappa shape index (κ3) is 2.67. The van der Waals surface area contributed by atoms with Crippen LogP contribution in [0.4, 0.5) is 4.39 Å². The van der Waals surface area contributed by atoms with E-state index in [1.807, 2.05) is 0 Å². The Morgan fingerprint density at radius 2 is 1.74 bits per heavy atom. The van der Waals surface area contributed by atoms with Crippen molar-refractivity contribution in [3.8, 4) is 0 Å². The van der Waals surface area contributed by atoms with Gasteiger partial charge >= 0.3 is 0 Å². The van der Waals surface area contributed by atoms with Crippen LogP contribution in [0, 0.1) is 5.82 Å². The van der Waals surface area contributed by atoms with Crippen molar-refractivity contribution in [1.29, 1.82) is 0 Å². The lowest BCUT2D eigenvalue weighted by Crippen LogP contribution is -2.35. The highest BCUT2D eigenvalue weighted by molar-refractivity contribution is 7.92. The number of rotatable bonds is 5. The molecule has 0 saturated heterocycles. The van der Waals surface area contributed by atoms with Gasteiger partial charge in [0.1, 0.15) is 5.82 Å². The van der Waals surface area contributed by atoms with Crippen molar-refractivity contribution in [2.45, 2.75) is 21.6 Å². The first-order chi connectivity index (χ1) is 10.9. The predicted octanol–water partition coefficient (Wildman–Crippen LogP) is 2.11. The molecule has 4 nitrogen and oxygen atoms in total. The summed E-state index contributed by atoms with van der Waals surface area (Å²) in [6.07, 6.45) is 0. The summed E-state index contributed by atoms with van der Waals surface area (Å²) in [4.78, 5) is 0.237. The average Bonchev–Trinajstić information content (AvgIpc) is 3.15. The summed E-state index contributed by atoms with van der Waals surface area (Å²) < 4.78 is 44.1. The molecule has 3 atom stereocenters. The first-order valence-electron chi connectivity index (χ1n) is 7.23. The summed E-state index contributed by atoms with van der Waals surface area (Å²) in [5, 5.41) is -0.789. The number of sulfone groups is 1. The van der Waals surface area contributed by atoms with Gasteiger partial charge in [-0.05, 0) is 29.8 Å². The van der Waals surface area contributed by atoms with Crippen LogP contribution >= 0.6 is 0 Å². The summed E-state index contributed by atoms with van der Waals surface area (Å²) in [7, 11) is -2.11. The Bertz CT molecular complexity index is 792. The molecule has 0 heterocycles. The van der Waals surface area contributed by atoms with Crippen molar-refractivity contribution in [3.05, 3.63) is 66.0 Å². The van der Waals surface area contributed by atoms with E-state index in [9.17, 15) is 12.8 Å². The lowest BCUT2D eigenvalue weighted by molar-refractivity contribution is 0.171. The maximum Gasteiger partial charge on any atom is 0.183 e. The van der Waals surface area contributed by atoms with Crippen molar-refractivity contribution in [2.24, 2.45) is 5.73 Å². The molecule has 122 valence electrons. The van der Waals surface area contributed by atoms with Crippen LogP contribution in [-0.4, -0.2) is 32.9 Å². The van der Waals surface area contributed by atoms with Gasteiger partial charge in [-0.2, -0.15) is 0 Å². The Morgan fingerprint density at radius 1 is 1.13 bits per heavy atom. The van der Waals surface area contributed by atoms with Crippen LogP contribution in [0.15, 0.2) is 59.5 Å². The SMILES string of the molecule is COC[C@@]1(N)[C@H](S(=O)(=O)c2ccccc2)[C@@H]1c1ccc(F)cc1. The number of hydrogen-bond donors (Lipinski definition) is 1. The van der Waals surface area contributed by atoms with E-state index in [0.29, 0.717) is 5.56 Å². The van der Waals surface area contributed by atoms with E-state index in [-0.39, 0.29) is 17.3 Å². The molecule has 0 bridgehead atoms. The third-order valence-electron chi connectivity index (χ3n) is 4.33. The van der Waals surface area contributed by atoms with Crippen LogP contribution in [0.25, 0.3) is 0 Å². The highest BCUT2D eigenvalue weighted by Crippen LogP contribution is 2.55. The molecule has 2 aromatic rings. The highest BCUT2D eigenvalue weighted by Gasteiger charge is 2.69. The van der Waals surface area contributed by atoms with Crippen LogP contribution < -0.4 is 5.73 Å². The summed E-state index contributed by atoms with van der Waals surface area (Å²) in [5.74, 6) is -0.792. The topological polar surface area (TPSA) is 69.4 Å². The molecule has 0 aromatic heterocycles. The Balaban J connectivity index is 2.01. The second-order valence-corrected chi connectivity index (χ2v) is 7.92. The molecule has 1 aliphatic carbocycles. The largest absolute Gasteiger partial charge is 0.383 e. The molecular formula is C17H18FNO3S. The van der Waals surface area contributed by atoms with E-state index in [1.165, 1.54) is 19.2 Å².